The molecule has 0 aromatic heterocycles. The van der Waals surface area contributed by atoms with Gasteiger partial charge in [-0.25, -0.2) is 5.48 Å². The zero-order valence-corrected chi connectivity index (χ0v) is 7.75. The molecule has 0 aliphatic rings. The standard InChI is InChI=1S/C9H15NO3/c1-3-5-8(2)13-7-4-6-9(11)10-12/h3,5,12H,1,4,6-7H2,2H3,(H,10,11). The molecule has 0 aromatic carbocycles. The first kappa shape index (κ1) is 11.7. The van der Waals surface area contributed by atoms with Crippen molar-refractivity contribution in [2.45, 2.75) is 19.8 Å². The van der Waals surface area contributed by atoms with E-state index >= 15 is 0 Å². The molecule has 0 aliphatic carbocycles. The van der Waals surface area contributed by atoms with Crippen molar-refractivity contribution >= 4 is 5.91 Å². The summed E-state index contributed by atoms with van der Waals surface area (Å²) in [6.45, 7) is 5.79. The lowest BCUT2D eigenvalue weighted by atomic mass is 10.3. The summed E-state index contributed by atoms with van der Waals surface area (Å²) in [4.78, 5) is 10.5. The lowest BCUT2D eigenvalue weighted by Gasteiger charge is -2.04. The topological polar surface area (TPSA) is 58.6 Å². The van der Waals surface area contributed by atoms with Crippen molar-refractivity contribution in [1.29, 1.82) is 0 Å². The van der Waals surface area contributed by atoms with Gasteiger partial charge in [0.2, 0.25) is 5.91 Å². The van der Waals surface area contributed by atoms with Gasteiger partial charge in [0, 0.05) is 6.42 Å². The van der Waals surface area contributed by atoms with E-state index in [9.17, 15) is 4.79 Å². The summed E-state index contributed by atoms with van der Waals surface area (Å²) >= 11 is 0. The molecule has 0 atom stereocenters. The Morgan fingerprint density at radius 1 is 1.69 bits per heavy atom. The van der Waals surface area contributed by atoms with Gasteiger partial charge in [-0.3, -0.25) is 10.0 Å². The number of nitrogens with one attached hydrogen (secondary N) is 1. The number of hydroxylamine groups is 1. The van der Waals surface area contributed by atoms with Crippen LogP contribution in [0.2, 0.25) is 0 Å². The van der Waals surface area contributed by atoms with Gasteiger partial charge in [-0.2, -0.15) is 0 Å². The third-order valence-electron chi connectivity index (χ3n) is 1.36. The molecule has 2 N–H and O–H groups in total. The predicted molar refractivity (Wildman–Crippen MR) is 49.1 cm³/mol. The Morgan fingerprint density at radius 2 is 2.38 bits per heavy atom. The van der Waals surface area contributed by atoms with Crippen LogP contribution >= 0.6 is 0 Å². The smallest absolute Gasteiger partial charge is 0.243 e. The zero-order valence-electron chi connectivity index (χ0n) is 7.75. The van der Waals surface area contributed by atoms with Crippen LogP contribution in [-0.2, 0) is 9.53 Å². The lowest BCUT2D eigenvalue weighted by Crippen LogP contribution is -2.18. The first-order valence-corrected chi connectivity index (χ1v) is 4.05. The Bertz CT molecular complexity index is 199. The normalized spacial score (nSPS) is 10.8. The van der Waals surface area contributed by atoms with Gasteiger partial charge >= 0.3 is 0 Å². The third-order valence-corrected chi connectivity index (χ3v) is 1.36. The Kier molecular flexibility index (Phi) is 6.63. The second kappa shape index (κ2) is 7.36. The van der Waals surface area contributed by atoms with Crippen LogP contribution in [0.25, 0.3) is 0 Å². The number of allylic oxidation sites excluding steroid dienone is 3. The Hall–Kier alpha value is -1.29. The molecule has 0 fully saturated rings. The first-order chi connectivity index (χ1) is 6.20. The van der Waals surface area contributed by atoms with Crippen LogP contribution in [0.5, 0.6) is 0 Å². The molecule has 0 aliphatic heterocycles. The lowest BCUT2D eigenvalue weighted by molar-refractivity contribution is -0.129. The average Bonchev–Trinajstić information content (AvgIpc) is 2.12. The molecule has 1 amide bonds. The summed E-state index contributed by atoms with van der Waals surface area (Å²) in [5.74, 6) is 0.369. The van der Waals surface area contributed by atoms with Gasteiger partial charge in [0.1, 0.15) is 0 Å². The maximum absolute atomic E-state index is 10.5. The van der Waals surface area contributed by atoms with Gasteiger partial charge in [-0.15, -0.1) is 0 Å². The summed E-state index contributed by atoms with van der Waals surface area (Å²) < 4.78 is 5.21. The highest BCUT2D eigenvalue weighted by molar-refractivity contribution is 5.74. The SMILES string of the molecule is C=CC=C(C)OCCCC(=O)NO. The van der Waals surface area contributed by atoms with Crippen molar-refractivity contribution in [2.75, 3.05) is 6.61 Å². The summed E-state index contributed by atoms with van der Waals surface area (Å²) in [6, 6.07) is 0. The molecule has 0 rings (SSSR count). The van der Waals surface area contributed by atoms with E-state index in [1.54, 1.807) is 17.6 Å². The monoisotopic (exact) mass is 185 g/mol. The Balaban J connectivity index is 3.40. The van der Waals surface area contributed by atoms with Crippen LogP contribution in [0.3, 0.4) is 0 Å². The maximum atomic E-state index is 10.5. The minimum absolute atomic E-state index is 0.262. The highest BCUT2D eigenvalue weighted by Gasteiger charge is 1.98. The van der Waals surface area contributed by atoms with E-state index in [0.717, 1.165) is 5.76 Å². The third kappa shape index (κ3) is 7.08. The van der Waals surface area contributed by atoms with Gasteiger partial charge in [0.15, 0.2) is 0 Å². The fourth-order valence-corrected chi connectivity index (χ4v) is 0.736. The highest BCUT2D eigenvalue weighted by atomic mass is 16.5. The minimum Gasteiger partial charge on any atom is -0.498 e. The van der Waals surface area contributed by atoms with Crippen molar-refractivity contribution in [3.05, 3.63) is 24.5 Å². The fourth-order valence-electron chi connectivity index (χ4n) is 0.736. The van der Waals surface area contributed by atoms with Crippen LogP contribution < -0.4 is 5.48 Å². The fraction of sp³-hybridized carbons (Fsp3) is 0.444. The van der Waals surface area contributed by atoms with Crippen LogP contribution in [0.4, 0.5) is 0 Å². The van der Waals surface area contributed by atoms with E-state index in [4.69, 9.17) is 9.94 Å². The minimum atomic E-state index is -0.394. The second-order valence-electron chi connectivity index (χ2n) is 2.50. The molecule has 4 nitrogen and oxygen atoms in total. The van der Waals surface area contributed by atoms with Crippen LogP contribution in [0.15, 0.2) is 24.5 Å². The molecule has 0 spiro atoms. The molecule has 4 heteroatoms. The largest absolute Gasteiger partial charge is 0.498 e. The van der Waals surface area contributed by atoms with Crippen LogP contribution in [0, 0.1) is 0 Å². The summed E-state index contributed by atoms with van der Waals surface area (Å²) in [5.41, 5.74) is 1.55. The maximum Gasteiger partial charge on any atom is 0.243 e. The van der Waals surface area contributed by atoms with Crippen molar-refractivity contribution in [3.8, 4) is 0 Å². The number of hydrogen-bond donors (Lipinski definition) is 2. The number of hydrogen-bond acceptors (Lipinski definition) is 3. The van der Waals surface area contributed by atoms with E-state index in [1.807, 2.05) is 6.92 Å². The summed E-state index contributed by atoms with van der Waals surface area (Å²) in [7, 11) is 0. The molecule has 0 aromatic rings. The van der Waals surface area contributed by atoms with Crippen LogP contribution in [-0.4, -0.2) is 17.7 Å². The average molecular weight is 185 g/mol. The zero-order chi connectivity index (χ0) is 10.1. The molecular weight excluding hydrogens is 170 g/mol. The number of carbonyl (C=O) groups is 1. The number of ether oxygens (including phenoxy) is 1. The summed E-state index contributed by atoms with van der Waals surface area (Å²) in [5, 5.41) is 8.16. The van der Waals surface area contributed by atoms with Crippen LogP contribution in [0.1, 0.15) is 19.8 Å². The van der Waals surface area contributed by atoms with E-state index in [2.05, 4.69) is 6.58 Å². The van der Waals surface area contributed by atoms with Gasteiger partial charge < -0.3 is 4.74 Å². The van der Waals surface area contributed by atoms with E-state index in [0.29, 0.717) is 13.0 Å². The van der Waals surface area contributed by atoms with E-state index in [1.165, 1.54) is 0 Å². The van der Waals surface area contributed by atoms with E-state index in [-0.39, 0.29) is 6.42 Å². The van der Waals surface area contributed by atoms with Crippen molar-refractivity contribution in [2.24, 2.45) is 0 Å². The van der Waals surface area contributed by atoms with Crippen molar-refractivity contribution in [3.63, 3.8) is 0 Å². The number of rotatable bonds is 6. The number of carbonyl (C=O) groups excluding carboxylic acids is 1. The Labute approximate surface area is 77.9 Å². The van der Waals surface area contributed by atoms with E-state index < -0.39 is 5.91 Å². The van der Waals surface area contributed by atoms with Gasteiger partial charge in [0.25, 0.3) is 0 Å². The molecular formula is C9H15NO3. The molecule has 74 valence electrons. The molecule has 0 radical (unpaired) electrons. The molecule has 0 bridgehead atoms. The van der Waals surface area contributed by atoms with Gasteiger partial charge in [-0.1, -0.05) is 12.7 Å². The molecule has 0 heterocycles. The molecule has 0 saturated heterocycles. The summed E-state index contributed by atoms with van der Waals surface area (Å²) in [6.07, 6.45) is 4.22. The molecule has 13 heavy (non-hydrogen) atoms. The Morgan fingerprint density at radius 3 is 2.92 bits per heavy atom. The van der Waals surface area contributed by atoms with Crippen molar-refractivity contribution < 1.29 is 14.7 Å². The van der Waals surface area contributed by atoms with Gasteiger partial charge in [-0.05, 0) is 19.4 Å². The second-order valence-corrected chi connectivity index (χ2v) is 2.50. The number of amides is 1. The predicted octanol–water partition coefficient (Wildman–Crippen LogP) is 1.38. The molecule has 0 unspecified atom stereocenters. The highest BCUT2D eigenvalue weighted by Crippen LogP contribution is 1.98. The quantitative estimate of drug-likeness (QED) is 0.216. The first-order valence-electron chi connectivity index (χ1n) is 4.05. The molecule has 0 saturated carbocycles. The van der Waals surface area contributed by atoms with Gasteiger partial charge in [0.05, 0.1) is 12.4 Å². The van der Waals surface area contributed by atoms with Crippen molar-refractivity contribution in [1.82, 2.24) is 5.48 Å².